The maximum Gasteiger partial charge on any atom is 0.338 e. The summed E-state index contributed by atoms with van der Waals surface area (Å²) in [6.07, 6.45) is 2.43. The van der Waals surface area contributed by atoms with Gasteiger partial charge in [0.15, 0.2) is 5.78 Å². The third-order valence-electron chi connectivity index (χ3n) is 4.46. The quantitative estimate of drug-likeness (QED) is 0.614. The van der Waals surface area contributed by atoms with Gasteiger partial charge >= 0.3 is 5.97 Å². The molecule has 0 radical (unpaired) electrons. The van der Waals surface area contributed by atoms with Crippen LogP contribution in [0, 0.1) is 20.8 Å². The summed E-state index contributed by atoms with van der Waals surface area (Å²) < 4.78 is 4.87. The zero-order valence-electron chi connectivity index (χ0n) is 14.4. The van der Waals surface area contributed by atoms with E-state index in [1.54, 1.807) is 6.07 Å². The molecule has 3 rings (SSSR count). The van der Waals surface area contributed by atoms with Crippen LogP contribution in [0.3, 0.4) is 0 Å². The summed E-state index contributed by atoms with van der Waals surface area (Å²) >= 11 is 0. The van der Waals surface area contributed by atoms with Crippen LogP contribution in [0.1, 0.15) is 48.5 Å². The average molecular weight is 320 g/mol. The van der Waals surface area contributed by atoms with Crippen LogP contribution < -0.4 is 0 Å². The molecule has 0 aromatic heterocycles. The van der Waals surface area contributed by atoms with Crippen molar-refractivity contribution < 1.29 is 14.3 Å². The number of ether oxygens (including phenoxy) is 1. The van der Waals surface area contributed by atoms with Gasteiger partial charge in [-0.3, -0.25) is 4.79 Å². The number of carbonyl (C=O) groups excluding carboxylic acids is 2. The maximum absolute atomic E-state index is 12.7. The highest BCUT2D eigenvalue weighted by Gasteiger charge is 2.27. The minimum Gasteiger partial charge on any atom is -0.465 e. The second-order valence-electron chi connectivity index (χ2n) is 6.37. The van der Waals surface area contributed by atoms with E-state index in [-0.39, 0.29) is 11.8 Å². The number of carbonyl (C=O) groups is 2. The molecule has 24 heavy (non-hydrogen) atoms. The molecule has 0 heterocycles. The highest BCUT2D eigenvalue weighted by molar-refractivity contribution is 6.16. The summed E-state index contributed by atoms with van der Waals surface area (Å²) in [6, 6.07) is 9.63. The SMILES string of the molecule is COC(=O)c1cc(C)ccc1/C=C1/Cc2c(C)cc(C)cc2C1=O. The number of allylic oxidation sites excluding steroid dienone is 1. The molecule has 1 aliphatic rings. The summed E-state index contributed by atoms with van der Waals surface area (Å²) in [5.41, 5.74) is 7.00. The molecular formula is C21H20O3. The lowest BCUT2D eigenvalue weighted by molar-refractivity contribution is 0.0600. The molecule has 2 aromatic rings. The molecule has 3 nitrogen and oxygen atoms in total. The van der Waals surface area contributed by atoms with Crippen LogP contribution in [0.2, 0.25) is 0 Å². The van der Waals surface area contributed by atoms with Crippen molar-refractivity contribution in [2.24, 2.45) is 0 Å². The number of rotatable bonds is 2. The Bertz CT molecular complexity index is 888. The van der Waals surface area contributed by atoms with Gasteiger partial charge in [0, 0.05) is 17.6 Å². The number of esters is 1. The lowest BCUT2D eigenvalue weighted by atomic mass is 10.0. The van der Waals surface area contributed by atoms with Crippen molar-refractivity contribution in [3.8, 4) is 0 Å². The van der Waals surface area contributed by atoms with Gasteiger partial charge in [-0.1, -0.05) is 29.3 Å². The monoisotopic (exact) mass is 320 g/mol. The van der Waals surface area contributed by atoms with Gasteiger partial charge in [-0.05, 0) is 55.7 Å². The number of hydrogen-bond acceptors (Lipinski definition) is 3. The average Bonchev–Trinajstić information content (AvgIpc) is 2.85. The van der Waals surface area contributed by atoms with E-state index >= 15 is 0 Å². The van der Waals surface area contributed by atoms with Crippen molar-refractivity contribution in [2.75, 3.05) is 7.11 Å². The number of aryl methyl sites for hydroxylation is 3. The van der Waals surface area contributed by atoms with Gasteiger partial charge in [0.05, 0.1) is 12.7 Å². The summed E-state index contributed by atoms with van der Waals surface area (Å²) in [7, 11) is 1.37. The molecule has 0 amide bonds. The lowest BCUT2D eigenvalue weighted by Crippen LogP contribution is -2.05. The van der Waals surface area contributed by atoms with Crippen molar-refractivity contribution in [3.05, 3.63) is 74.8 Å². The van der Waals surface area contributed by atoms with Gasteiger partial charge in [0.1, 0.15) is 0 Å². The first-order valence-electron chi connectivity index (χ1n) is 7.95. The molecule has 0 bridgehead atoms. The minimum atomic E-state index is -0.388. The Labute approximate surface area is 142 Å². The number of benzene rings is 2. The lowest BCUT2D eigenvalue weighted by Gasteiger charge is -2.06. The van der Waals surface area contributed by atoms with E-state index in [0.717, 1.165) is 33.4 Å². The van der Waals surface area contributed by atoms with Crippen LogP contribution in [0.4, 0.5) is 0 Å². The molecule has 3 heteroatoms. The summed E-state index contributed by atoms with van der Waals surface area (Å²) in [6.45, 7) is 5.96. The van der Waals surface area contributed by atoms with E-state index < -0.39 is 0 Å². The van der Waals surface area contributed by atoms with Crippen molar-refractivity contribution in [1.29, 1.82) is 0 Å². The maximum atomic E-state index is 12.7. The Kier molecular flexibility index (Phi) is 4.10. The smallest absolute Gasteiger partial charge is 0.338 e. The van der Waals surface area contributed by atoms with E-state index in [0.29, 0.717) is 17.6 Å². The first-order chi connectivity index (χ1) is 11.4. The molecule has 0 saturated heterocycles. The number of ketones is 1. The van der Waals surface area contributed by atoms with E-state index in [1.807, 2.05) is 45.0 Å². The van der Waals surface area contributed by atoms with Crippen molar-refractivity contribution >= 4 is 17.8 Å². The molecule has 0 fully saturated rings. The first kappa shape index (κ1) is 16.2. The van der Waals surface area contributed by atoms with Crippen LogP contribution >= 0.6 is 0 Å². The molecule has 0 unspecified atom stereocenters. The Morgan fingerprint density at radius 2 is 1.83 bits per heavy atom. The minimum absolute atomic E-state index is 0.0493. The van der Waals surface area contributed by atoms with E-state index in [2.05, 4.69) is 6.07 Å². The topological polar surface area (TPSA) is 43.4 Å². The predicted molar refractivity (Wildman–Crippen MR) is 94.4 cm³/mol. The van der Waals surface area contributed by atoms with Crippen LogP contribution in [-0.4, -0.2) is 18.9 Å². The molecule has 2 aromatic carbocycles. The van der Waals surface area contributed by atoms with Gasteiger partial charge in [0.25, 0.3) is 0 Å². The van der Waals surface area contributed by atoms with Gasteiger partial charge < -0.3 is 4.74 Å². The number of hydrogen-bond donors (Lipinski definition) is 0. The molecule has 0 aliphatic heterocycles. The largest absolute Gasteiger partial charge is 0.465 e. The molecule has 0 N–H and O–H groups in total. The van der Waals surface area contributed by atoms with E-state index in [4.69, 9.17) is 4.74 Å². The van der Waals surface area contributed by atoms with E-state index in [9.17, 15) is 9.59 Å². The van der Waals surface area contributed by atoms with Crippen molar-refractivity contribution in [1.82, 2.24) is 0 Å². The van der Waals surface area contributed by atoms with Crippen LogP contribution in [0.5, 0.6) is 0 Å². The fraction of sp³-hybridized carbons (Fsp3) is 0.238. The molecular weight excluding hydrogens is 300 g/mol. The van der Waals surface area contributed by atoms with Crippen LogP contribution in [-0.2, 0) is 11.2 Å². The molecule has 0 atom stereocenters. The summed E-state index contributed by atoms with van der Waals surface area (Å²) in [5.74, 6) is -0.339. The molecule has 0 spiro atoms. The van der Waals surface area contributed by atoms with Gasteiger partial charge in [-0.2, -0.15) is 0 Å². The molecule has 0 saturated carbocycles. The van der Waals surface area contributed by atoms with Gasteiger partial charge in [-0.15, -0.1) is 0 Å². The number of fused-ring (bicyclic) bond motifs is 1. The van der Waals surface area contributed by atoms with Gasteiger partial charge in [0.2, 0.25) is 0 Å². The Morgan fingerprint density at radius 3 is 2.54 bits per heavy atom. The van der Waals surface area contributed by atoms with E-state index in [1.165, 1.54) is 7.11 Å². The normalized spacial score (nSPS) is 14.8. The number of Topliss-reactive ketones (excluding diaryl/α,β-unsaturated/α-hetero) is 1. The summed E-state index contributed by atoms with van der Waals surface area (Å²) in [5, 5.41) is 0. The standard InChI is InChI=1S/C21H20O3/c1-12-5-6-15(18(8-12)21(23)24-4)10-16-11-17-14(3)7-13(2)9-19(17)20(16)22/h5-10H,11H2,1-4H3/b16-10-. The van der Waals surface area contributed by atoms with Crippen molar-refractivity contribution in [3.63, 3.8) is 0 Å². The fourth-order valence-corrected chi connectivity index (χ4v) is 3.27. The highest BCUT2D eigenvalue weighted by atomic mass is 16.5. The van der Waals surface area contributed by atoms with Crippen LogP contribution in [0.25, 0.3) is 6.08 Å². The second kappa shape index (κ2) is 6.08. The third kappa shape index (κ3) is 2.78. The fourth-order valence-electron chi connectivity index (χ4n) is 3.27. The summed E-state index contributed by atoms with van der Waals surface area (Å²) in [4.78, 5) is 24.8. The molecule has 1 aliphatic carbocycles. The van der Waals surface area contributed by atoms with Crippen molar-refractivity contribution in [2.45, 2.75) is 27.2 Å². The Balaban J connectivity index is 2.07. The second-order valence-corrected chi connectivity index (χ2v) is 6.37. The Hall–Kier alpha value is -2.68. The molecule has 122 valence electrons. The van der Waals surface area contributed by atoms with Gasteiger partial charge in [-0.25, -0.2) is 4.79 Å². The predicted octanol–water partition coefficient (Wildman–Crippen LogP) is 4.22. The Morgan fingerprint density at radius 1 is 1.08 bits per heavy atom. The third-order valence-corrected chi connectivity index (χ3v) is 4.46. The highest BCUT2D eigenvalue weighted by Crippen LogP contribution is 2.31. The number of methoxy groups -OCH3 is 1. The zero-order valence-corrected chi connectivity index (χ0v) is 14.4. The van der Waals surface area contributed by atoms with Crippen LogP contribution in [0.15, 0.2) is 35.9 Å². The first-order valence-corrected chi connectivity index (χ1v) is 7.95. The zero-order chi connectivity index (χ0) is 17.4.